The van der Waals surface area contributed by atoms with Gasteiger partial charge in [-0.05, 0) is 127 Å². The molecule has 3 saturated heterocycles. The Balaban J connectivity index is 0.925. The summed E-state index contributed by atoms with van der Waals surface area (Å²) < 4.78 is 41.2. The van der Waals surface area contributed by atoms with Crippen LogP contribution in [0.5, 0.6) is 0 Å². The second-order valence-corrected chi connectivity index (χ2v) is 16.3. The summed E-state index contributed by atoms with van der Waals surface area (Å²) in [5.41, 5.74) is -1.30. The van der Waals surface area contributed by atoms with Crippen LogP contribution in [0.25, 0.3) is 0 Å². The number of nitriles is 1. The first-order valence-electron chi connectivity index (χ1n) is 19.3. The molecule has 2 aromatic rings. The van der Waals surface area contributed by atoms with E-state index in [1.54, 1.807) is 38.1 Å². The Labute approximate surface area is 330 Å². The summed E-state index contributed by atoms with van der Waals surface area (Å²) in [6.07, 6.45) is 1.66. The minimum Gasteiger partial charge on any atom is -0.374 e. The molecule has 3 N–H and O–H groups in total. The predicted molar refractivity (Wildman–Crippen MR) is 209 cm³/mol. The quantitative estimate of drug-likeness (QED) is 0.198. The first kappa shape index (κ1) is 41.1. The fourth-order valence-corrected chi connectivity index (χ4v) is 9.13. The van der Waals surface area contributed by atoms with Gasteiger partial charge in [0.1, 0.15) is 11.6 Å². The van der Waals surface area contributed by atoms with Crippen LogP contribution in [0.4, 0.5) is 30.2 Å². The highest BCUT2D eigenvalue weighted by Gasteiger charge is 2.52. The van der Waals surface area contributed by atoms with Crippen molar-refractivity contribution >= 4 is 58.0 Å². The number of carbonyl (C=O) groups is 4. The van der Waals surface area contributed by atoms with Crippen LogP contribution in [0, 0.1) is 17.2 Å². The Morgan fingerprint density at radius 1 is 1.04 bits per heavy atom. The van der Waals surface area contributed by atoms with Crippen molar-refractivity contribution in [2.24, 2.45) is 5.92 Å². The molecule has 3 heterocycles. The molecule has 1 aliphatic carbocycles. The highest BCUT2D eigenvalue weighted by atomic mass is 32.1. The Hall–Kier alpha value is -4.59. The minimum atomic E-state index is -4.75. The zero-order valence-corrected chi connectivity index (χ0v) is 32.8. The van der Waals surface area contributed by atoms with Gasteiger partial charge in [-0.25, -0.2) is 0 Å². The lowest BCUT2D eigenvalue weighted by molar-refractivity contribution is -0.138. The number of nitrogens with one attached hydrogen (secondary N) is 3. The van der Waals surface area contributed by atoms with Gasteiger partial charge in [-0.1, -0.05) is 6.07 Å². The van der Waals surface area contributed by atoms with E-state index in [0.717, 1.165) is 76.8 Å². The SMILES string of the molecule is C[C@@H]1CN(CCCC2CCC(N3C(=S)N(c4ccc(C#N)c(C(F)(F)F)c4)C(=O)C3(C)C)CC2)CCN1CC(=O)Nc1cccc(N[C@H]2CCC(=O)NC2=O)c1. The zero-order chi connectivity index (χ0) is 40.4. The van der Waals surface area contributed by atoms with Gasteiger partial charge >= 0.3 is 6.18 Å². The van der Waals surface area contributed by atoms with Crippen molar-refractivity contribution in [3.63, 3.8) is 0 Å². The lowest BCUT2D eigenvalue weighted by atomic mass is 9.82. The van der Waals surface area contributed by atoms with E-state index in [1.807, 2.05) is 11.0 Å². The number of carbonyl (C=O) groups excluding carboxylic acids is 4. The number of halogens is 3. The molecular weight excluding hydrogens is 746 g/mol. The van der Waals surface area contributed by atoms with E-state index in [1.165, 1.54) is 11.0 Å². The van der Waals surface area contributed by atoms with Gasteiger partial charge in [-0.3, -0.25) is 34.3 Å². The van der Waals surface area contributed by atoms with Crippen LogP contribution >= 0.6 is 12.2 Å². The van der Waals surface area contributed by atoms with Gasteiger partial charge in [-0.15, -0.1) is 0 Å². The molecule has 0 unspecified atom stereocenters. The van der Waals surface area contributed by atoms with E-state index < -0.39 is 28.9 Å². The average Bonchev–Trinajstić information content (AvgIpc) is 3.32. The van der Waals surface area contributed by atoms with Crippen LogP contribution in [0.1, 0.15) is 83.3 Å². The van der Waals surface area contributed by atoms with Crippen LogP contribution in [-0.4, -0.2) is 99.8 Å². The number of benzene rings is 2. The average molecular weight is 795 g/mol. The van der Waals surface area contributed by atoms with E-state index >= 15 is 0 Å². The maximum absolute atomic E-state index is 13.7. The largest absolute Gasteiger partial charge is 0.417 e. The van der Waals surface area contributed by atoms with Crippen LogP contribution < -0.4 is 20.9 Å². The summed E-state index contributed by atoms with van der Waals surface area (Å²) in [4.78, 5) is 57.9. The summed E-state index contributed by atoms with van der Waals surface area (Å²) in [5.74, 6) is -0.591. The molecule has 4 aliphatic rings. The molecule has 4 amide bonds. The second kappa shape index (κ2) is 16.9. The third-order valence-corrected chi connectivity index (χ3v) is 12.0. The smallest absolute Gasteiger partial charge is 0.374 e. The molecule has 2 aromatic carbocycles. The number of thiocarbonyl (C=S) groups is 1. The van der Waals surface area contributed by atoms with Crippen molar-refractivity contribution in [2.45, 2.75) is 102 Å². The van der Waals surface area contributed by atoms with E-state index in [4.69, 9.17) is 12.2 Å². The van der Waals surface area contributed by atoms with Crippen LogP contribution in [0.3, 0.4) is 0 Å². The predicted octanol–water partition coefficient (Wildman–Crippen LogP) is 5.49. The van der Waals surface area contributed by atoms with Gasteiger partial charge < -0.3 is 20.4 Å². The molecule has 6 rings (SSSR count). The van der Waals surface area contributed by atoms with Crippen molar-refractivity contribution in [1.29, 1.82) is 5.26 Å². The number of hydrogen-bond donors (Lipinski definition) is 3. The van der Waals surface area contributed by atoms with Crippen molar-refractivity contribution in [2.75, 3.05) is 48.3 Å². The van der Waals surface area contributed by atoms with Crippen molar-refractivity contribution in [3.8, 4) is 6.07 Å². The second-order valence-electron chi connectivity index (χ2n) is 15.9. The summed E-state index contributed by atoms with van der Waals surface area (Å²) in [5, 5.41) is 17.9. The molecule has 12 nitrogen and oxygen atoms in total. The number of anilines is 3. The fourth-order valence-electron chi connectivity index (χ4n) is 8.56. The monoisotopic (exact) mass is 794 g/mol. The molecule has 0 aromatic heterocycles. The van der Waals surface area contributed by atoms with Crippen LogP contribution in [-0.2, 0) is 25.4 Å². The van der Waals surface area contributed by atoms with E-state index in [9.17, 15) is 37.6 Å². The summed E-state index contributed by atoms with van der Waals surface area (Å²) in [7, 11) is 0. The maximum atomic E-state index is 13.7. The zero-order valence-electron chi connectivity index (χ0n) is 32.0. The lowest BCUT2D eigenvalue weighted by Crippen LogP contribution is -2.53. The number of piperidine rings is 1. The van der Waals surface area contributed by atoms with Crippen molar-refractivity contribution in [1.82, 2.24) is 20.0 Å². The molecule has 56 heavy (non-hydrogen) atoms. The van der Waals surface area contributed by atoms with Crippen LogP contribution in [0.2, 0.25) is 0 Å². The number of piperazine rings is 1. The molecular formula is C40H49F3N8O4S. The number of hydrogen-bond acceptors (Lipinski definition) is 9. The molecule has 16 heteroatoms. The lowest BCUT2D eigenvalue weighted by Gasteiger charge is -2.41. The molecule has 1 saturated carbocycles. The number of imide groups is 1. The van der Waals surface area contributed by atoms with Gasteiger partial charge in [0.25, 0.3) is 5.91 Å². The van der Waals surface area contributed by atoms with Crippen molar-refractivity contribution in [3.05, 3.63) is 53.6 Å². The number of amides is 4. The van der Waals surface area contributed by atoms with Gasteiger partial charge in [-0.2, -0.15) is 18.4 Å². The molecule has 3 aliphatic heterocycles. The minimum absolute atomic E-state index is 0.00672. The van der Waals surface area contributed by atoms with Gasteiger partial charge in [0.05, 0.1) is 29.4 Å². The van der Waals surface area contributed by atoms with Gasteiger partial charge in [0.2, 0.25) is 17.7 Å². The summed E-state index contributed by atoms with van der Waals surface area (Å²) in [6, 6.07) is 11.7. The third-order valence-electron chi connectivity index (χ3n) is 11.6. The van der Waals surface area contributed by atoms with Gasteiger partial charge in [0, 0.05) is 49.5 Å². The van der Waals surface area contributed by atoms with Crippen LogP contribution in [0.15, 0.2) is 42.5 Å². The number of rotatable bonds is 11. The maximum Gasteiger partial charge on any atom is 0.417 e. The third kappa shape index (κ3) is 9.16. The standard InChI is InChI=1S/C40H49F3N8O4S/c1-25-23-48(18-19-49(25)24-35(53)46-29-8-4-7-28(20-29)45-33-15-16-34(52)47-36(33)54)17-5-6-26-9-12-30(13-10-26)51-38(56)50(37(55)39(51,2)3)31-14-11-27(22-44)32(21-31)40(41,42)43/h4,7-8,11,14,20-21,25-26,30,33,45H,5-6,9-10,12-13,15-19,23-24H2,1-3H3,(H,46,53)(H,47,52,54)/t25-,26?,30?,33+/m1/s1. The molecule has 2 atom stereocenters. The van der Waals surface area contributed by atoms with E-state index in [0.29, 0.717) is 23.7 Å². The topological polar surface area (TPSA) is 141 Å². The Morgan fingerprint density at radius 2 is 1.77 bits per heavy atom. The first-order valence-corrected chi connectivity index (χ1v) is 19.7. The molecule has 300 valence electrons. The summed E-state index contributed by atoms with van der Waals surface area (Å²) in [6.45, 7) is 9.40. The van der Waals surface area contributed by atoms with E-state index in [-0.39, 0.29) is 59.5 Å². The number of alkyl halides is 3. The van der Waals surface area contributed by atoms with E-state index in [2.05, 4.69) is 32.7 Å². The fraction of sp³-hybridized carbons (Fsp3) is 0.550. The molecule has 0 bridgehead atoms. The molecule has 4 fully saturated rings. The normalized spacial score (nSPS) is 24.9. The summed E-state index contributed by atoms with van der Waals surface area (Å²) >= 11 is 5.76. The number of nitrogens with zero attached hydrogens (tertiary/aromatic N) is 5. The van der Waals surface area contributed by atoms with Crippen molar-refractivity contribution < 1.29 is 32.3 Å². The highest BCUT2D eigenvalue weighted by molar-refractivity contribution is 7.80. The van der Waals surface area contributed by atoms with Gasteiger partial charge in [0.15, 0.2) is 5.11 Å². The highest BCUT2D eigenvalue weighted by Crippen LogP contribution is 2.41. The molecule has 0 spiro atoms. The Bertz CT molecular complexity index is 1890. The Morgan fingerprint density at radius 3 is 2.45 bits per heavy atom. The Kier molecular flexibility index (Phi) is 12.4. The first-order chi connectivity index (χ1) is 26.5. The molecule has 0 radical (unpaired) electrons.